The summed E-state index contributed by atoms with van der Waals surface area (Å²) in [4.78, 5) is 23.1. The Labute approximate surface area is 139 Å². The van der Waals surface area contributed by atoms with Gasteiger partial charge in [0.2, 0.25) is 5.91 Å². The van der Waals surface area contributed by atoms with Gasteiger partial charge in [-0.15, -0.1) is 0 Å². The molecule has 1 aromatic carbocycles. The average molecular weight is 325 g/mol. The Morgan fingerprint density at radius 2 is 2.08 bits per heavy atom. The molecule has 2 N–H and O–H groups in total. The Bertz CT molecular complexity index is 806. The van der Waals surface area contributed by atoms with E-state index in [0.717, 1.165) is 28.5 Å². The lowest BCUT2D eigenvalue weighted by molar-refractivity contribution is -0.118. The van der Waals surface area contributed by atoms with Crippen molar-refractivity contribution in [2.75, 3.05) is 13.7 Å². The van der Waals surface area contributed by atoms with Crippen molar-refractivity contribution in [3.63, 3.8) is 0 Å². The quantitative estimate of drug-likeness (QED) is 0.727. The highest BCUT2D eigenvalue weighted by Gasteiger charge is 2.16. The van der Waals surface area contributed by atoms with Gasteiger partial charge in [-0.2, -0.15) is 0 Å². The van der Waals surface area contributed by atoms with E-state index in [1.165, 1.54) is 6.92 Å². The summed E-state index contributed by atoms with van der Waals surface area (Å²) < 4.78 is 7.18. The number of hydrogen-bond donors (Lipinski definition) is 2. The number of nitrogens with one attached hydrogen (secondary N) is 2. The minimum atomic E-state index is -0.0509. The van der Waals surface area contributed by atoms with Gasteiger partial charge in [0.05, 0.1) is 19.1 Å². The van der Waals surface area contributed by atoms with Crippen molar-refractivity contribution in [3.8, 4) is 28.5 Å². The summed E-state index contributed by atoms with van der Waals surface area (Å²) in [6.07, 6.45) is 5.25. The van der Waals surface area contributed by atoms with Crippen LogP contribution in [-0.4, -0.2) is 39.1 Å². The second-order valence-corrected chi connectivity index (χ2v) is 5.28. The fourth-order valence-corrected chi connectivity index (χ4v) is 2.51. The van der Waals surface area contributed by atoms with Gasteiger partial charge in [0.25, 0.3) is 0 Å². The molecule has 0 bridgehead atoms. The van der Waals surface area contributed by atoms with Gasteiger partial charge in [0.15, 0.2) is 5.82 Å². The van der Waals surface area contributed by atoms with E-state index >= 15 is 0 Å². The van der Waals surface area contributed by atoms with E-state index in [4.69, 9.17) is 4.74 Å². The lowest BCUT2D eigenvalue weighted by Gasteiger charge is -2.09. The van der Waals surface area contributed by atoms with Crippen LogP contribution in [0.15, 0.2) is 43.0 Å². The third-order valence-electron chi connectivity index (χ3n) is 3.65. The van der Waals surface area contributed by atoms with E-state index in [9.17, 15) is 4.79 Å². The van der Waals surface area contributed by atoms with Crippen LogP contribution < -0.4 is 10.1 Å². The molecule has 0 aliphatic carbocycles. The van der Waals surface area contributed by atoms with Gasteiger partial charge < -0.3 is 19.6 Å². The molecule has 0 unspecified atom stereocenters. The highest BCUT2D eigenvalue weighted by Crippen LogP contribution is 2.30. The number of carbonyl (C=O) groups excluding carboxylic acids is 1. The number of aromatic amines is 1. The van der Waals surface area contributed by atoms with Crippen LogP contribution >= 0.6 is 0 Å². The van der Waals surface area contributed by atoms with Gasteiger partial charge in [-0.1, -0.05) is 0 Å². The number of benzene rings is 1. The van der Waals surface area contributed by atoms with Crippen LogP contribution in [-0.2, 0) is 11.3 Å². The number of nitrogens with zero attached hydrogens (tertiary/aromatic N) is 3. The first kappa shape index (κ1) is 15.8. The van der Waals surface area contributed by atoms with Crippen molar-refractivity contribution in [1.82, 2.24) is 24.8 Å². The number of ether oxygens (including phenoxy) is 1. The minimum Gasteiger partial charge on any atom is -0.497 e. The highest BCUT2D eigenvalue weighted by atomic mass is 16.5. The summed E-state index contributed by atoms with van der Waals surface area (Å²) in [5, 5.41) is 2.80. The van der Waals surface area contributed by atoms with Crippen LogP contribution in [0.1, 0.15) is 6.92 Å². The van der Waals surface area contributed by atoms with Gasteiger partial charge >= 0.3 is 0 Å². The molecule has 0 saturated heterocycles. The summed E-state index contributed by atoms with van der Waals surface area (Å²) in [5.41, 5.74) is 2.69. The van der Waals surface area contributed by atoms with Crippen LogP contribution in [0.25, 0.3) is 22.8 Å². The zero-order chi connectivity index (χ0) is 16.9. The average Bonchev–Trinajstić information content (AvgIpc) is 3.23. The summed E-state index contributed by atoms with van der Waals surface area (Å²) in [5.74, 6) is 1.48. The van der Waals surface area contributed by atoms with Gasteiger partial charge in [0.1, 0.15) is 11.4 Å². The first-order chi connectivity index (χ1) is 11.7. The Balaban J connectivity index is 1.96. The van der Waals surface area contributed by atoms with Gasteiger partial charge in [-0.05, 0) is 24.3 Å². The Kier molecular flexibility index (Phi) is 4.60. The van der Waals surface area contributed by atoms with Gasteiger partial charge in [-0.25, -0.2) is 9.97 Å². The predicted molar refractivity (Wildman–Crippen MR) is 90.5 cm³/mol. The zero-order valence-corrected chi connectivity index (χ0v) is 13.6. The molecule has 124 valence electrons. The SMILES string of the molecule is COc1ccc(-c2ncn(CCNC(C)=O)c2-c2ncc[nH]2)cc1. The molecule has 0 fully saturated rings. The molecule has 7 heteroatoms. The topological polar surface area (TPSA) is 84.8 Å². The summed E-state index contributed by atoms with van der Waals surface area (Å²) in [7, 11) is 1.64. The molecule has 0 aliphatic rings. The maximum atomic E-state index is 11.1. The summed E-state index contributed by atoms with van der Waals surface area (Å²) in [6, 6.07) is 7.73. The van der Waals surface area contributed by atoms with Crippen LogP contribution in [0.2, 0.25) is 0 Å². The fourth-order valence-electron chi connectivity index (χ4n) is 2.51. The number of methoxy groups -OCH3 is 1. The van der Waals surface area contributed by atoms with E-state index < -0.39 is 0 Å². The van der Waals surface area contributed by atoms with Crippen molar-refractivity contribution in [3.05, 3.63) is 43.0 Å². The molecule has 3 aromatic rings. The number of rotatable bonds is 6. The lowest BCUT2D eigenvalue weighted by atomic mass is 10.1. The molecule has 0 spiro atoms. The molecule has 0 aliphatic heterocycles. The van der Waals surface area contributed by atoms with Crippen LogP contribution in [0.3, 0.4) is 0 Å². The Morgan fingerprint density at radius 1 is 1.29 bits per heavy atom. The summed E-state index contributed by atoms with van der Waals surface area (Å²) >= 11 is 0. The van der Waals surface area contributed by atoms with Gasteiger partial charge in [-0.3, -0.25) is 4.79 Å². The van der Waals surface area contributed by atoms with Crippen molar-refractivity contribution >= 4 is 5.91 Å². The summed E-state index contributed by atoms with van der Waals surface area (Å²) in [6.45, 7) is 2.64. The smallest absolute Gasteiger partial charge is 0.216 e. The predicted octanol–water partition coefficient (Wildman–Crippen LogP) is 2.08. The maximum Gasteiger partial charge on any atom is 0.216 e. The van der Waals surface area contributed by atoms with Crippen LogP contribution in [0.5, 0.6) is 5.75 Å². The molecular formula is C17H19N5O2. The van der Waals surface area contributed by atoms with E-state index in [0.29, 0.717) is 13.1 Å². The molecule has 2 aromatic heterocycles. The first-order valence-electron chi connectivity index (χ1n) is 7.63. The largest absolute Gasteiger partial charge is 0.497 e. The second-order valence-electron chi connectivity index (χ2n) is 5.28. The van der Waals surface area contributed by atoms with E-state index in [2.05, 4.69) is 20.3 Å². The van der Waals surface area contributed by atoms with Crippen molar-refractivity contribution in [1.29, 1.82) is 0 Å². The normalized spacial score (nSPS) is 10.6. The van der Waals surface area contributed by atoms with Crippen LogP contribution in [0.4, 0.5) is 0 Å². The molecular weight excluding hydrogens is 306 g/mol. The second kappa shape index (κ2) is 6.99. The van der Waals surface area contributed by atoms with Crippen molar-refractivity contribution in [2.24, 2.45) is 0 Å². The maximum absolute atomic E-state index is 11.1. The Hall–Kier alpha value is -3.09. The standard InChI is InChI=1S/C17H19N5O2/c1-12(23)18-9-10-22-11-21-15(16(22)17-19-7-8-20-17)13-3-5-14(24-2)6-4-13/h3-8,11H,9-10H2,1-2H3,(H,18,23)(H,19,20). The van der Waals surface area contributed by atoms with Crippen molar-refractivity contribution < 1.29 is 9.53 Å². The molecule has 7 nitrogen and oxygen atoms in total. The zero-order valence-electron chi connectivity index (χ0n) is 13.6. The van der Waals surface area contributed by atoms with E-state index in [1.807, 2.05) is 28.8 Å². The molecule has 0 radical (unpaired) electrons. The number of carbonyl (C=O) groups is 1. The molecule has 24 heavy (non-hydrogen) atoms. The fraction of sp³-hybridized carbons (Fsp3) is 0.235. The van der Waals surface area contributed by atoms with E-state index in [1.54, 1.807) is 25.8 Å². The third-order valence-corrected chi connectivity index (χ3v) is 3.65. The Morgan fingerprint density at radius 3 is 2.71 bits per heavy atom. The number of imidazole rings is 2. The first-order valence-corrected chi connectivity index (χ1v) is 7.63. The molecule has 3 rings (SSSR count). The monoisotopic (exact) mass is 325 g/mol. The number of H-pyrrole nitrogens is 1. The number of aromatic nitrogens is 4. The van der Waals surface area contributed by atoms with Crippen molar-refractivity contribution in [2.45, 2.75) is 13.5 Å². The molecule has 2 heterocycles. The van der Waals surface area contributed by atoms with E-state index in [-0.39, 0.29) is 5.91 Å². The minimum absolute atomic E-state index is 0.0509. The highest BCUT2D eigenvalue weighted by molar-refractivity contribution is 5.75. The molecule has 1 amide bonds. The van der Waals surface area contributed by atoms with Gasteiger partial charge in [0, 0.05) is 38.0 Å². The lowest BCUT2D eigenvalue weighted by Crippen LogP contribution is -2.24. The number of amides is 1. The third kappa shape index (κ3) is 3.29. The number of hydrogen-bond acceptors (Lipinski definition) is 4. The van der Waals surface area contributed by atoms with Crippen LogP contribution in [0, 0.1) is 0 Å². The molecule has 0 atom stereocenters. The molecule has 0 saturated carbocycles.